The number of hydrogen-bond donors (Lipinski definition) is 2. The molecule has 0 spiro atoms. The van der Waals surface area contributed by atoms with Gasteiger partial charge in [0.15, 0.2) is 5.88 Å². The molecule has 2 N–H and O–H groups in total. The summed E-state index contributed by atoms with van der Waals surface area (Å²) in [4.78, 5) is 51.4. The Morgan fingerprint density at radius 1 is 1.06 bits per heavy atom. The SMILES string of the molecule is COC(=O)C1CC[C@@H]2CCN(C(=O)c3cc(OC)n4c(C)c(-c5cc6ccc([C@@H](C)NC(=O)C78CC(F)(C7)C8)nc6n5CC5CC5)nc4c3)C[C@@H]2N1. The van der Waals surface area contributed by atoms with E-state index in [0.29, 0.717) is 61.3 Å². The summed E-state index contributed by atoms with van der Waals surface area (Å²) < 4.78 is 29.2. The van der Waals surface area contributed by atoms with E-state index >= 15 is 0 Å². The second-order valence-electron chi connectivity index (χ2n) is 16.1. The van der Waals surface area contributed by atoms with Crippen LogP contribution in [0, 0.1) is 24.2 Å². The topological polar surface area (TPSA) is 132 Å². The largest absolute Gasteiger partial charge is 0.482 e. The number of halogens is 1. The molecule has 6 fully saturated rings. The molecule has 2 aliphatic heterocycles. The van der Waals surface area contributed by atoms with Crippen molar-refractivity contribution in [1.82, 2.24) is 34.5 Å². The minimum Gasteiger partial charge on any atom is -0.482 e. The predicted molar refractivity (Wildman–Crippen MR) is 191 cm³/mol. The van der Waals surface area contributed by atoms with E-state index in [1.54, 1.807) is 13.2 Å². The Hall–Kier alpha value is -4.52. The fourth-order valence-electron chi connectivity index (χ4n) is 9.40. The quantitative estimate of drug-likeness (QED) is 0.235. The second-order valence-corrected chi connectivity index (χ2v) is 16.1. The zero-order chi connectivity index (χ0) is 36.1. The number of fused-ring (bicyclic) bond motifs is 3. The van der Waals surface area contributed by atoms with Crippen molar-refractivity contribution in [2.45, 2.75) is 95.6 Å². The summed E-state index contributed by atoms with van der Waals surface area (Å²) in [5.74, 6) is 1.05. The number of methoxy groups -OCH3 is 2. The number of alkyl halides is 1. The highest BCUT2D eigenvalue weighted by atomic mass is 19.1. The van der Waals surface area contributed by atoms with E-state index in [1.165, 1.54) is 7.11 Å². The normalized spacial score (nSPS) is 28.5. The van der Waals surface area contributed by atoms with Crippen LogP contribution < -0.4 is 15.4 Å². The van der Waals surface area contributed by atoms with Gasteiger partial charge in [0.1, 0.15) is 28.7 Å². The van der Waals surface area contributed by atoms with Gasteiger partial charge < -0.3 is 24.3 Å². The van der Waals surface area contributed by atoms with Crippen LogP contribution in [0.25, 0.3) is 28.1 Å². The molecule has 6 aliphatic rings. The maximum atomic E-state index is 14.1. The third-order valence-corrected chi connectivity index (χ3v) is 12.5. The number of rotatable bonds is 9. The third kappa shape index (κ3) is 5.37. The summed E-state index contributed by atoms with van der Waals surface area (Å²) >= 11 is 0. The van der Waals surface area contributed by atoms with Crippen LogP contribution in [0.1, 0.15) is 86.1 Å². The number of nitrogens with zero attached hydrogens (tertiary/aromatic N) is 5. The van der Waals surface area contributed by atoms with Crippen LogP contribution in [-0.2, 0) is 20.9 Å². The van der Waals surface area contributed by atoms with Crippen LogP contribution in [0.15, 0.2) is 30.3 Å². The van der Waals surface area contributed by atoms with Crippen LogP contribution in [0.2, 0.25) is 0 Å². The molecule has 12 nitrogen and oxygen atoms in total. The Balaban J connectivity index is 1.02. The summed E-state index contributed by atoms with van der Waals surface area (Å²) in [6.45, 7) is 5.91. The Kier molecular flexibility index (Phi) is 7.70. The van der Waals surface area contributed by atoms with Gasteiger partial charge in [0.2, 0.25) is 5.91 Å². The Bertz CT molecular complexity index is 2120. The molecule has 4 aromatic rings. The highest BCUT2D eigenvalue weighted by Crippen LogP contribution is 2.69. The van der Waals surface area contributed by atoms with E-state index in [-0.39, 0.29) is 35.9 Å². The van der Waals surface area contributed by atoms with Gasteiger partial charge in [0, 0.05) is 42.7 Å². The molecular weight excluding hydrogens is 665 g/mol. The van der Waals surface area contributed by atoms with Crippen molar-refractivity contribution in [3.05, 3.63) is 47.3 Å². The molecule has 2 saturated heterocycles. The standard InChI is InChI=1S/C39H46FN7O5/c1-21(41-37(50)38-18-39(40,19-38)20-38)27-9-8-25-13-30(46(34(25)43-27)16-23-5-6-23)33-22(2)47-31(44-33)14-26(15-32(47)51-3)35(48)45-12-11-24-7-10-28(36(49)52-4)42-29(24)17-45/h8-9,13-15,21,23-24,28-29,42H,5-7,10-12,16-20H2,1-4H3,(H,41,50)/t21-,24-,28?,29+,38?,39?/m1/s1. The van der Waals surface area contributed by atoms with E-state index < -0.39 is 11.1 Å². The minimum absolute atomic E-state index is 0.0279. The lowest BCUT2D eigenvalue weighted by atomic mass is 9.42. The van der Waals surface area contributed by atoms with Crippen LogP contribution in [0.5, 0.6) is 5.88 Å². The monoisotopic (exact) mass is 711 g/mol. The molecular formula is C39H46FN7O5. The van der Waals surface area contributed by atoms with Crippen molar-refractivity contribution in [2.75, 3.05) is 27.3 Å². The molecule has 1 unspecified atom stereocenters. The zero-order valence-electron chi connectivity index (χ0n) is 30.2. The number of esters is 1. The van der Waals surface area contributed by atoms with Crippen LogP contribution in [0.3, 0.4) is 0 Å². The number of imidazole rings is 1. The molecule has 2 amide bonds. The molecule has 10 rings (SSSR count). The summed E-state index contributed by atoms with van der Waals surface area (Å²) in [7, 11) is 3.01. The van der Waals surface area contributed by atoms with E-state index in [2.05, 4.69) is 21.3 Å². The molecule has 274 valence electrons. The third-order valence-electron chi connectivity index (χ3n) is 12.5. The summed E-state index contributed by atoms with van der Waals surface area (Å²) in [5, 5.41) is 7.53. The Labute approximate surface area is 301 Å². The lowest BCUT2D eigenvalue weighted by Crippen LogP contribution is -2.70. The zero-order valence-corrected chi connectivity index (χ0v) is 30.2. The number of carbonyl (C=O) groups is 3. The molecule has 2 bridgehead atoms. The second kappa shape index (κ2) is 12.0. The number of aromatic nitrogens is 4. The smallest absolute Gasteiger partial charge is 0.322 e. The van der Waals surface area contributed by atoms with Gasteiger partial charge in [-0.05, 0) is 101 Å². The molecule has 4 atom stereocenters. The number of aryl methyl sites for hydroxylation is 1. The van der Waals surface area contributed by atoms with Crippen molar-refractivity contribution in [2.24, 2.45) is 17.3 Å². The maximum absolute atomic E-state index is 14.1. The van der Waals surface area contributed by atoms with Crippen molar-refractivity contribution >= 4 is 34.5 Å². The molecule has 4 aromatic heterocycles. The molecule has 0 aromatic carbocycles. The van der Waals surface area contributed by atoms with Gasteiger partial charge in [-0.2, -0.15) is 0 Å². The fourth-order valence-corrected chi connectivity index (χ4v) is 9.40. The number of nitrogens with one attached hydrogen (secondary N) is 2. The van der Waals surface area contributed by atoms with E-state index in [0.717, 1.165) is 72.5 Å². The molecule has 6 heterocycles. The number of pyridine rings is 2. The summed E-state index contributed by atoms with van der Waals surface area (Å²) in [5.41, 5.74) is 3.65. The fraction of sp³-hybridized carbons (Fsp3) is 0.564. The number of likely N-dealkylation sites (tertiary alicyclic amines) is 1. The highest BCUT2D eigenvalue weighted by molar-refractivity contribution is 5.96. The lowest BCUT2D eigenvalue weighted by Gasteiger charge is -2.64. The first-order chi connectivity index (χ1) is 25.0. The van der Waals surface area contributed by atoms with Crippen molar-refractivity contribution < 1.29 is 28.2 Å². The van der Waals surface area contributed by atoms with Crippen molar-refractivity contribution in [1.29, 1.82) is 0 Å². The molecule has 4 aliphatic carbocycles. The first kappa shape index (κ1) is 33.3. The Morgan fingerprint density at radius 2 is 1.85 bits per heavy atom. The van der Waals surface area contributed by atoms with Crippen molar-refractivity contribution in [3.8, 4) is 17.3 Å². The average molecular weight is 712 g/mol. The molecule has 4 saturated carbocycles. The van der Waals surface area contributed by atoms with E-state index in [9.17, 15) is 18.8 Å². The molecule has 52 heavy (non-hydrogen) atoms. The number of piperidine rings is 2. The minimum atomic E-state index is -1.13. The van der Waals surface area contributed by atoms with Crippen LogP contribution in [0.4, 0.5) is 4.39 Å². The van der Waals surface area contributed by atoms with Crippen molar-refractivity contribution in [3.63, 3.8) is 0 Å². The first-order valence-corrected chi connectivity index (χ1v) is 18.7. The molecule has 13 heteroatoms. The first-order valence-electron chi connectivity index (χ1n) is 18.7. The average Bonchev–Trinajstić information content (AvgIpc) is 3.80. The number of amides is 2. The Morgan fingerprint density at radius 3 is 2.56 bits per heavy atom. The maximum Gasteiger partial charge on any atom is 0.322 e. The van der Waals surface area contributed by atoms with Gasteiger partial charge in [-0.25, -0.2) is 14.4 Å². The number of ether oxygens (including phenoxy) is 2. The predicted octanol–water partition coefficient (Wildman–Crippen LogP) is 4.90. The highest BCUT2D eigenvalue weighted by Gasteiger charge is 2.72. The van der Waals surface area contributed by atoms with Crippen LogP contribution in [-0.4, -0.2) is 86.7 Å². The van der Waals surface area contributed by atoms with Gasteiger partial charge in [-0.15, -0.1) is 0 Å². The lowest BCUT2D eigenvalue weighted by molar-refractivity contribution is -0.214. The molecule has 0 radical (unpaired) electrons. The summed E-state index contributed by atoms with van der Waals surface area (Å²) in [6, 6.07) is 9.11. The number of carbonyl (C=O) groups excluding carboxylic acids is 3. The van der Waals surface area contributed by atoms with Gasteiger partial charge in [-0.1, -0.05) is 0 Å². The number of hydrogen-bond acceptors (Lipinski definition) is 8. The van der Waals surface area contributed by atoms with Gasteiger partial charge in [0.05, 0.1) is 42.8 Å². The van der Waals surface area contributed by atoms with E-state index in [4.69, 9.17) is 19.4 Å². The van der Waals surface area contributed by atoms with E-state index in [1.807, 2.05) is 41.3 Å². The van der Waals surface area contributed by atoms with Gasteiger partial charge >= 0.3 is 5.97 Å². The van der Waals surface area contributed by atoms with Gasteiger partial charge in [0.25, 0.3) is 5.91 Å². The van der Waals surface area contributed by atoms with Gasteiger partial charge in [-0.3, -0.25) is 24.1 Å². The summed E-state index contributed by atoms with van der Waals surface area (Å²) in [6.07, 6.45) is 5.84. The van der Waals surface area contributed by atoms with Crippen LogP contribution >= 0.6 is 0 Å².